The van der Waals surface area contributed by atoms with Gasteiger partial charge in [-0.15, -0.1) is 11.3 Å². The summed E-state index contributed by atoms with van der Waals surface area (Å²) in [7, 11) is -3.31. The van der Waals surface area contributed by atoms with E-state index in [1.807, 2.05) is 0 Å². The summed E-state index contributed by atoms with van der Waals surface area (Å²) in [6, 6.07) is 5.17. The second-order valence-corrected chi connectivity index (χ2v) is 7.28. The Balaban J connectivity index is 1.62. The van der Waals surface area contributed by atoms with Gasteiger partial charge in [-0.25, -0.2) is 18.4 Å². The average Bonchev–Trinajstić information content (AvgIpc) is 2.89. The van der Waals surface area contributed by atoms with Crippen molar-refractivity contribution in [3.8, 4) is 0 Å². The van der Waals surface area contributed by atoms with Crippen LogP contribution in [0.15, 0.2) is 40.2 Å². The molecule has 0 unspecified atom stereocenters. The summed E-state index contributed by atoms with van der Waals surface area (Å²) in [6.45, 7) is 0.886. The van der Waals surface area contributed by atoms with E-state index < -0.39 is 10.0 Å². The Bertz CT molecular complexity index is 637. The standard InChI is InChI=1S/C11H12N4O2S2/c16-19(17,10-3-1-6-18-10)15-7-9(8-15)14-11-12-4-2-5-13-11/h1-6,9H,7-8H2,(H,12,13,14). The molecule has 1 aliphatic rings. The van der Waals surface area contributed by atoms with Crippen molar-refractivity contribution in [1.29, 1.82) is 0 Å². The molecule has 1 aliphatic heterocycles. The van der Waals surface area contributed by atoms with Crippen molar-refractivity contribution in [2.75, 3.05) is 18.4 Å². The van der Waals surface area contributed by atoms with E-state index in [0.29, 0.717) is 23.2 Å². The first-order chi connectivity index (χ1) is 9.16. The van der Waals surface area contributed by atoms with Crippen LogP contribution in [0.3, 0.4) is 0 Å². The fourth-order valence-corrected chi connectivity index (χ4v) is 4.49. The largest absolute Gasteiger partial charge is 0.349 e. The zero-order chi connectivity index (χ0) is 13.3. The quantitative estimate of drug-likeness (QED) is 0.912. The fraction of sp³-hybridized carbons (Fsp3) is 0.273. The van der Waals surface area contributed by atoms with Gasteiger partial charge in [0.15, 0.2) is 0 Å². The molecule has 1 saturated heterocycles. The average molecular weight is 296 g/mol. The van der Waals surface area contributed by atoms with Crippen molar-refractivity contribution in [2.45, 2.75) is 10.3 Å². The van der Waals surface area contributed by atoms with E-state index >= 15 is 0 Å². The first-order valence-electron chi connectivity index (χ1n) is 5.73. The number of nitrogens with zero attached hydrogens (tertiary/aromatic N) is 3. The van der Waals surface area contributed by atoms with Gasteiger partial charge >= 0.3 is 0 Å². The predicted octanol–water partition coefficient (Wildman–Crippen LogP) is 1.02. The molecule has 0 aromatic carbocycles. The molecule has 1 fully saturated rings. The zero-order valence-corrected chi connectivity index (χ0v) is 11.6. The van der Waals surface area contributed by atoms with Crippen molar-refractivity contribution in [2.24, 2.45) is 0 Å². The lowest BCUT2D eigenvalue weighted by molar-refractivity contribution is 0.280. The SMILES string of the molecule is O=S(=O)(c1cccs1)N1CC(Nc2ncccn2)C1. The third-order valence-corrected chi connectivity index (χ3v) is 6.04. The van der Waals surface area contributed by atoms with Gasteiger partial charge < -0.3 is 5.32 Å². The molecule has 3 heterocycles. The van der Waals surface area contributed by atoms with E-state index in [1.165, 1.54) is 15.6 Å². The van der Waals surface area contributed by atoms with Gasteiger partial charge in [0.05, 0.1) is 6.04 Å². The predicted molar refractivity (Wildman–Crippen MR) is 72.5 cm³/mol. The highest BCUT2D eigenvalue weighted by Gasteiger charge is 2.37. The zero-order valence-electron chi connectivity index (χ0n) is 9.93. The van der Waals surface area contributed by atoms with Crippen LogP contribution in [-0.2, 0) is 10.0 Å². The minimum absolute atomic E-state index is 0.0668. The third kappa shape index (κ3) is 2.46. The van der Waals surface area contributed by atoms with Crippen LogP contribution in [0.2, 0.25) is 0 Å². The van der Waals surface area contributed by atoms with Gasteiger partial charge in [0, 0.05) is 25.5 Å². The van der Waals surface area contributed by atoms with Gasteiger partial charge in [-0.05, 0) is 17.5 Å². The van der Waals surface area contributed by atoms with Crippen LogP contribution >= 0.6 is 11.3 Å². The lowest BCUT2D eigenvalue weighted by Gasteiger charge is -2.37. The van der Waals surface area contributed by atoms with E-state index in [4.69, 9.17) is 0 Å². The third-order valence-electron chi connectivity index (χ3n) is 2.84. The van der Waals surface area contributed by atoms with Gasteiger partial charge in [-0.3, -0.25) is 0 Å². The van der Waals surface area contributed by atoms with Crippen molar-refractivity contribution >= 4 is 27.3 Å². The smallest absolute Gasteiger partial charge is 0.252 e. The maximum Gasteiger partial charge on any atom is 0.252 e. The maximum atomic E-state index is 12.2. The first kappa shape index (κ1) is 12.5. The number of aromatic nitrogens is 2. The summed E-state index contributed by atoms with van der Waals surface area (Å²) in [5, 5.41) is 4.86. The minimum atomic E-state index is -3.31. The van der Waals surface area contributed by atoms with E-state index in [0.717, 1.165) is 0 Å². The molecule has 0 amide bonds. The molecule has 8 heteroatoms. The van der Waals surface area contributed by atoms with Crippen LogP contribution in [0.25, 0.3) is 0 Å². The van der Waals surface area contributed by atoms with Gasteiger partial charge in [-0.2, -0.15) is 4.31 Å². The number of thiophene rings is 1. The van der Waals surface area contributed by atoms with Gasteiger partial charge in [0.2, 0.25) is 5.95 Å². The Morgan fingerprint density at radius 1 is 1.26 bits per heavy atom. The van der Waals surface area contributed by atoms with Crippen LogP contribution in [0.1, 0.15) is 0 Å². The Labute approximate surface area is 115 Å². The molecule has 2 aromatic heterocycles. The van der Waals surface area contributed by atoms with Crippen molar-refractivity contribution in [3.05, 3.63) is 36.0 Å². The van der Waals surface area contributed by atoms with E-state index in [2.05, 4.69) is 15.3 Å². The topological polar surface area (TPSA) is 75.2 Å². The van der Waals surface area contributed by atoms with Crippen LogP contribution in [-0.4, -0.2) is 41.8 Å². The molecule has 19 heavy (non-hydrogen) atoms. The Hall–Kier alpha value is -1.51. The maximum absolute atomic E-state index is 12.2. The number of rotatable bonds is 4. The van der Waals surface area contributed by atoms with Gasteiger partial charge in [0.1, 0.15) is 4.21 Å². The second-order valence-electron chi connectivity index (χ2n) is 4.17. The van der Waals surface area contributed by atoms with Crippen LogP contribution in [0.5, 0.6) is 0 Å². The molecule has 0 atom stereocenters. The van der Waals surface area contributed by atoms with Crippen LogP contribution in [0.4, 0.5) is 5.95 Å². The lowest BCUT2D eigenvalue weighted by Crippen LogP contribution is -2.56. The Morgan fingerprint density at radius 2 is 2.00 bits per heavy atom. The molecule has 0 spiro atoms. The molecule has 6 nitrogen and oxygen atoms in total. The Morgan fingerprint density at radius 3 is 2.63 bits per heavy atom. The molecule has 0 bridgehead atoms. The highest BCUT2D eigenvalue weighted by atomic mass is 32.2. The molecule has 1 N–H and O–H groups in total. The van der Waals surface area contributed by atoms with Gasteiger partial charge in [-0.1, -0.05) is 6.07 Å². The first-order valence-corrected chi connectivity index (χ1v) is 8.05. The Kier molecular flexibility index (Phi) is 3.21. The van der Waals surface area contributed by atoms with Crippen molar-refractivity contribution in [1.82, 2.24) is 14.3 Å². The summed E-state index contributed by atoms with van der Waals surface area (Å²) in [5.41, 5.74) is 0. The summed E-state index contributed by atoms with van der Waals surface area (Å²) >= 11 is 1.24. The molecule has 0 radical (unpaired) electrons. The molecular formula is C11H12N4O2S2. The number of hydrogen-bond donors (Lipinski definition) is 1. The van der Waals surface area contributed by atoms with E-state index in [1.54, 1.807) is 36.0 Å². The van der Waals surface area contributed by atoms with Crippen molar-refractivity contribution < 1.29 is 8.42 Å². The molecule has 100 valence electrons. The normalized spacial score (nSPS) is 17.1. The summed E-state index contributed by atoms with van der Waals surface area (Å²) in [4.78, 5) is 8.10. The summed E-state index contributed by atoms with van der Waals surface area (Å²) in [6.07, 6.45) is 3.29. The van der Waals surface area contributed by atoms with Gasteiger partial charge in [0.25, 0.3) is 10.0 Å². The molecule has 3 rings (SSSR count). The van der Waals surface area contributed by atoms with Crippen LogP contribution in [0, 0.1) is 0 Å². The molecule has 0 saturated carbocycles. The van der Waals surface area contributed by atoms with Crippen molar-refractivity contribution in [3.63, 3.8) is 0 Å². The molecule has 0 aliphatic carbocycles. The minimum Gasteiger partial charge on any atom is -0.349 e. The highest BCUT2D eigenvalue weighted by Crippen LogP contribution is 2.25. The highest BCUT2D eigenvalue weighted by molar-refractivity contribution is 7.91. The number of hydrogen-bond acceptors (Lipinski definition) is 6. The molecule has 2 aromatic rings. The number of sulfonamides is 1. The number of nitrogens with one attached hydrogen (secondary N) is 1. The lowest BCUT2D eigenvalue weighted by atomic mass is 10.2. The fourth-order valence-electron chi connectivity index (χ4n) is 1.82. The van der Waals surface area contributed by atoms with Crippen LogP contribution < -0.4 is 5.32 Å². The summed E-state index contributed by atoms with van der Waals surface area (Å²) < 4.78 is 26.2. The second kappa shape index (κ2) is 4.87. The van der Waals surface area contributed by atoms with E-state index in [-0.39, 0.29) is 6.04 Å². The monoisotopic (exact) mass is 296 g/mol. The summed E-state index contributed by atoms with van der Waals surface area (Å²) in [5.74, 6) is 0.528. The number of anilines is 1. The molecular weight excluding hydrogens is 284 g/mol. The van der Waals surface area contributed by atoms with E-state index in [9.17, 15) is 8.42 Å².